The van der Waals surface area contributed by atoms with Gasteiger partial charge in [0.2, 0.25) is 11.8 Å². The summed E-state index contributed by atoms with van der Waals surface area (Å²) in [5.41, 5.74) is 0. The third kappa shape index (κ3) is 33.4. The summed E-state index contributed by atoms with van der Waals surface area (Å²) in [6.45, 7) is 4.15. The third-order valence-corrected chi connectivity index (χ3v) is 8.69. The second-order valence-electron chi connectivity index (χ2n) is 13.2. The number of unbranched alkanes of at least 4 members (excludes halogenated alkanes) is 20. The number of esters is 2. The number of carbonyl (C=O) groups is 6. The van der Waals surface area contributed by atoms with Crippen LogP contribution in [0.1, 0.15) is 168 Å². The molecule has 0 rings (SSSR count). The Labute approximate surface area is 357 Å². The van der Waals surface area contributed by atoms with Crippen LogP contribution in [0.3, 0.4) is 0 Å². The Kier molecular flexibility index (Phi) is 41.9. The summed E-state index contributed by atoms with van der Waals surface area (Å²) in [6, 6.07) is 0. The molecule has 290 valence electrons. The van der Waals surface area contributed by atoms with Gasteiger partial charge in [-0.2, -0.15) is 0 Å². The SMILES string of the molecule is CCCCCCCCCCCCCOC(=O)CC(C(=O)[O-])C(=O)NCCNC(=O)C(CC(=O)OCCCCCCCCCCCCC)C(=O)[O-].[Na+].[Na+]. The second-order valence-corrected chi connectivity index (χ2v) is 13.2. The molecule has 0 aliphatic carbocycles. The maximum Gasteiger partial charge on any atom is 1.00 e. The van der Waals surface area contributed by atoms with Gasteiger partial charge in [0.05, 0.1) is 49.8 Å². The van der Waals surface area contributed by atoms with Crippen molar-refractivity contribution in [1.29, 1.82) is 0 Å². The Morgan fingerprint density at radius 3 is 0.942 bits per heavy atom. The molecular formula is C38H66N2Na2O10. The Morgan fingerprint density at radius 1 is 0.442 bits per heavy atom. The van der Waals surface area contributed by atoms with Crippen molar-refractivity contribution in [2.75, 3.05) is 26.3 Å². The van der Waals surface area contributed by atoms with Crippen LogP contribution in [0.5, 0.6) is 0 Å². The third-order valence-electron chi connectivity index (χ3n) is 8.69. The Bertz CT molecular complexity index is 881. The van der Waals surface area contributed by atoms with Crippen LogP contribution in [-0.2, 0) is 38.2 Å². The zero-order valence-electron chi connectivity index (χ0n) is 33.0. The number of hydrogen-bond acceptors (Lipinski definition) is 10. The minimum Gasteiger partial charge on any atom is -0.549 e. The number of hydrogen-bond donors (Lipinski definition) is 2. The van der Waals surface area contributed by atoms with Gasteiger partial charge in [-0.05, 0) is 12.8 Å². The van der Waals surface area contributed by atoms with Gasteiger partial charge in [0.1, 0.15) is 0 Å². The maximum absolute atomic E-state index is 12.4. The first-order valence-electron chi connectivity index (χ1n) is 19.4. The summed E-state index contributed by atoms with van der Waals surface area (Å²) in [4.78, 5) is 72.0. The summed E-state index contributed by atoms with van der Waals surface area (Å²) in [7, 11) is 0. The van der Waals surface area contributed by atoms with Gasteiger partial charge in [-0.25, -0.2) is 0 Å². The first kappa shape index (κ1) is 55.2. The fourth-order valence-electron chi connectivity index (χ4n) is 5.54. The predicted molar refractivity (Wildman–Crippen MR) is 187 cm³/mol. The molecule has 12 nitrogen and oxygen atoms in total. The summed E-state index contributed by atoms with van der Waals surface area (Å²) < 4.78 is 10.2. The van der Waals surface area contributed by atoms with Crippen LogP contribution in [0.4, 0.5) is 0 Å². The van der Waals surface area contributed by atoms with Crippen molar-refractivity contribution < 1.29 is 108 Å². The first-order valence-corrected chi connectivity index (χ1v) is 19.4. The minimum absolute atomic E-state index is 0. The largest absolute Gasteiger partial charge is 1.00 e. The van der Waals surface area contributed by atoms with E-state index in [1.165, 1.54) is 89.9 Å². The van der Waals surface area contributed by atoms with Gasteiger partial charge in [-0.1, -0.05) is 142 Å². The van der Waals surface area contributed by atoms with Crippen LogP contribution in [0.2, 0.25) is 0 Å². The molecule has 2 amide bonds. The minimum atomic E-state index is -1.79. The van der Waals surface area contributed by atoms with E-state index in [0.29, 0.717) is 12.8 Å². The normalized spacial score (nSPS) is 11.7. The van der Waals surface area contributed by atoms with Gasteiger partial charge in [0, 0.05) is 13.1 Å². The number of amides is 2. The molecule has 0 heterocycles. The molecule has 0 aromatic rings. The van der Waals surface area contributed by atoms with Crippen LogP contribution >= 0.6 is 0 Å². The zero-order valence-corrected chi connectivity index (χ0v) is 37.0. The summed E-state index contributed by atoms with van der Waals surface area (Å²) >= 11 is 0. The van der Waals surface area contributed by atoms with E-state index in [-0.39, 0.29) is 85.4 Å². The first-order chi connectivity index (χ1) is 24.1. The molecular weight excluding hydrogens is 690 g/mol. The number of nitrogens with one attached hydrogen (secondary N) is 2. The topological polar surface area (TPSA) is 191 Å². The molecule has 0 radical (unpaired) electrons. The molecule has 2 unspecified atom stereocenters. The van der Waals surface area contributed by atoms with Gasteiger partial charge in [0.15, 0.2) is 0 Å². The molecule has 2 N–H and O–H groups in total. The van der Waals surface area contributed by atoms with E-state index >= 15 is 0 Å². The summed E-state index contributed by atoms with van der Waals surface area (Å²) in [5.74, 6) is -10.8. The van der Waals surface area contributed by atoms with E-state index in [0.717, 1.165) is 38.5 Å². The average molecular weight is 757 g/mol. The molecule has 0 fully saturated rings. The smallest absolute Gasteiger partial charge is 0.549 e. The number of carboxylic acid groups (broad SMARTS) is 2. The Morgan fingerprint density at radius 2 is 0.692 bits per heavy atom. The quantitative estimate of drug-likeness (QED) is 0.0332. The number of aliphatic carboxylic acids is 2. The van der Waals surface area contributed by atoms with E-state index in [4.69, 9.17) is 9.47 Å². The number of ether oxygens (including phenoxy) is 2. The molecule has 0 aliphatic rings. The Balaban J connectivity index is -0.0000120. The zero-order chi connectivity index (χ0) is 37.2. The van der Waals surface area contributed by atoms with E-state index in [2.05, 4.69) is 24.5 Å². The van der Waals surface area contributed by atoms with Crippen molar-refractivity contribution in [3.63, 3.8) is 0 Å². The van der Waals surface area contributed by atoms with Crippen molar-refractivity contribution >= 4 is 35.7 Å². The molecule has 0 aromatic heterocycles. The molecule has 52 heavy (non-hydrogen) atoms. The van der Waals surface area contributed by atoms with Crippen molar-refractivity contribution in [3.8, 4) is 0 Å². The Hall–Kier alpha value is -1.18. The van der Waals surface area contributed by atoms with Gasteiger partial charge >= 0.3 is 71.1 Å². The van der Waals surface area contributed by atoms with Crippen molar-refractivity contribution in [1.82, 2.24) is 10.6 Å². The van der Waals surface area contributed by atoms with E-state index < -0.39 is 60.4 Å². The monoisotopic (exact) mass is 756 g/mol. The molecule has 0 aliphatic heterocycles. The molecule has 2 atom stereocenters. The standard InChI is InChI=1S/C38H68N2O10.2Na/c1-3-5-7-9-11-13-15-17-19-21-23-27-49-33(41)29-31(37(45)46)35(43)39-25-26-40-36(44)32(38(47)48)30-34(42)50-28-24-22-20-18-16-14-12-10-8-6-4-2;;/h31-32H,3-30H2,1-2H3,(H,39,43)(H,40,44)(H,45,46)(H,47,48);;/q;2*+1/p-2. The van der Waals surface area contributed by atoms with Crippen molar-refractivity contribution in [2.45, 2.75) is 168 Å². The van der Waals surface area contributed by atoms with Crippen LogP contribution in [0.25, 0.3) is 0 Å². The van der Waals surface area contributed by atoms with E-state index in [1.54, 1.807) is 0 Å². The van der Waals surface area contributed by atoms with Gasteiger partial charge < -0.3 is 39.9 Å². The molecule has 0 saturated heterocycles. The van der Waals surface area contributed by atoms with Crippen LogP contribution in [0.15, 0.2) is 0 Å². The number of carboxylic acids is 2. The van der Waals surface area contributed by atoms with Gasteiger partial charge in [-0.3, -0.25) is 19.2 Å². The van der Waals surface area contributed by atoms with Crippen molar-refractivity contribution in [2.24, 2.45) is 11.8 Å². The summed E-state index contributed by atoms with van der Waals surface area (Å²) in [6.07, 6.45) is 23.6. The van der Waals surface area contributed by atoms with Gasteiger partial charge in [-0.15, -0.1) is 0 Å². The fourth-order valence-corrected chi connectivity index (χ4v) is 5.54. The second kappa shape index (κ2) is 39.5. The molecule has 0 bridgehead atoms. The van der Waals surface area contributed by atoms with E-state index in [1.807, 2.05) is 0 Å². The predicted octanol–water partition coefficient (Wildman–Crippen LogP) is -1.55. The molecule has 0 saturated carbocycles. The fraction of sp³-hybridized carbons (Fsp3) is 0.842. The number of rotatable bonds is 35. The average Bonchev–Trinajstić information content (AvgIpc) is 3.08. The van der Waals surface area contributed by atoms with Gasteiger partial charge in [0.25, 0.3) is 0 Å². The molecule has 0 spiro atoms. The van der Waals surface area contributed by atoms with Crippen LogP contribution < -0.4 is 80.0 Å². The van der Waals surface area contributed by atoms with Crippen LogP contribution in [0, 0.1) is 11.8 Å². The molecule has 14 heteroatoms. The number of carbonyl (C=O) groups excluding carboxylic acids is 6. The molecule has 0 aromatic carbocycles. The van der Waals surface area contributed by atoms with Crippen molar-refractivity contribution in [3.05, 3.63) is 0 Å². The van der Waals surface area contributed by atoms with Crippen LogP contribution in [-0.4, -0.2) is 62.0 Å². The summed E-state index contributed by atoms with van der Waals surface area (Å²) in [5, 5.41) is 27.5. The maximum atomic E-state index is 12.4. The van der Waals surface area contributed by atoms with E-state index in [9.17, 15) is 39.0 Å².